The van der Waals surface area contributed by atoms with E-state index in [0.717, 1.165) is 57.8 Å². The first kappa shape index (κ1) is 44.3. The molecule has 6 aliphatic heterocycles. The third kappa shape index (κ3) is 5.98. The Morgan fingerprint density at radius 3 is 1.30 bits per heavy atom. The van der Waals surface area contributed by atoms with E-state index in [0.29, 0.717) is 18.7 Å². The van der Waals surface area contributed by atoms with Gasteiger partial charge in [0.2, 0.25) is 34.3 Å². The Hall–Kier alpha value is -3.79. The van der Waals surface area contributed by atoms with Crippen molar-refractivity contribution in [2.45, 2.75) is 157 Å². The molecule has 3 aliphatic carbocycles. The molecule has 0 saturated carbocycles. The van der Waals surface area contributed by atoms with Crippen LogP contribution in [-0.4, -0.2) is 109 Å². The topological polar surface area (TPSA) is 227 Å². The van der Waals surface area contributed by atoms with E-state index in [4.69, 9.17) is 25.8 Å². The summed E-state index contributed by atoms with van der Waals surface area (Å²) in [5, 5.41) is 40.4. The Bertz CT molecular complexity index is 1890. The zero-order valence-corrected chi connectivity index (χ0v) is 35.8. The first-order chi connectivity index (χ1) is 28.4. The molecule has 9 rings (SSSR count). The van der Waals surface area contributed by atoms with Gasteiger partial charge in [0.05, 0.1) is 36.1 Å². The number of halogens is 1. The zero-order chi connectivity index (χ0) is 43.6. The van der Waals surface area contributed by atoms with Gasteiger partial charge in [-0.1, -0.05) is 43.4 Å². The molecule has 0 aromatic carbocycles. The molecule has 0 aromatic heterocycles. The number of hydrogen-bond acceptors (Lipinski definition) is 12. The predicted octanol–water partition coefficient (Wildman–Crippen LogP) is 2.57. The van der Waals surface area contributed by atoms with E-state index in [1.54, 1.807) is 27.7 Å². The van der Waals surface area contributed by atoms with Gasteiger partial charge in [-0.2, -0.15) is 0 Å². The summed E-state index contributed by atoms with van der Waals surface area (Å²) in [6, 6.07) is 0. The maximum Gasteiger partial charge on any atom is 0.339 e. The lowest BCUT2D eigenvalue weighted by atomic mass is 9.64. The van der Waals surface area contributed by atoms with Gasteiger partial charge in [-0.25, -0.2) is 14.4 Å². The Balaban J connectivity index is 0.000000136. The number of allylic oxidation sites excluding steroid dienone is 3. The molecule has 15 atom stereocenters. The summed E-state index contributed by atoms with van der Waals surface area (Å²) in [6.07, 6.45) is 18.5. The fraction of sp³-hybridized carbons (Fsp3) is 0.727. The van der Waals surface area contributed by atoms with Gasteiger partial charge in [0.15, 0.2) is 16.8 Å². The Morgan fingerprint density at radius 2 is 0.967 bits per heavy atom. The van der Waals surface area contributed by atoms with Gasteiger partial charge in [-0.15, -0.1) is 11.6 Å². The molecule has 6 heterocycles. The summed E-state index contributed by atoms with van der Waals surface area (Å²) in [6.45, 7) is 8.83. The fourth-order valence-electron chi connectivity index (χ4n) is 11.6. The van der Waals surface area contributed by atoms with E-state index in [1.165, 1.54) is 0 Å². The zero-order valence-electron chi connectivity index (χ0n) is 35.0. The highest BCUT2D eigenvalue weighted by Crippen LogP contribution is 2.55. The maximum absolute atomic E-state index is 12.2. The van der Waals surface area contributed by atoms with E-state index < -0.39 is 81.5 Å². The third-order valence-corrected chi connectivity index (χ3v) is 15.8. The molecular formula is C44H60ClN3O12. The number of carbonyl (C=O) groups is 6. The largest absolute Gasteiger partial charge is 0.453 e. The summed E-state index contributed by atoms with van der Waals surface area (Å²) >= 11 is 5.76. The van der Waals surface area contributed by atoms with Crippen LogP contribution in [0.15, 0.2) is 36.5 Å². The van der Waals surface area contributed by atoms with Crippen LogP contribution in [0, 0.1) is 35.5 Å². The van der Waals surface area contributed by atoms with Gasteiger partial charge >= 0.3 is 17.9 Å². The van der Waals surface area contributed by atoms with Crippen LogP contribution in [0.5, 0.6) is 0 Å². The fourth-order valence-corrected chi connectivity index (χ4v) is 11.8. The number of alkyl halides is 1. The van der Waals surface area contributed by atoms with Crippen LogP contribution in [0.25, 0.3) is 0 Å². The van der Waals surface area contributed by atoms with Crippen molar-refractivity contribution in [1.29, 1.82) is 0 Å². The van der Waals surface area contributed by atoms with Crippen molar-refractivity contribution in [3.8, 4) is 0 Å². The number of fused-ring (bicyclic) bond motifs is 3. The second kappa shape index (κ2) is 15.8. The average Bonchev–Trinajstić information content (AvgIpc) is 3.62. The summed E-state index contributed by atoms with van der Waals surface area (Å²) in [5.74, 6) is -3.61. The van der Waals surface area contributed by atoms with E-state index >= 15 is 0 Å². The summed E-state index contributed by atoms with van der Waals surface area (Å²) < 4.78 is 15.9. The number of aliphatic hydroxyl groups excluding tert-OH is 3. The summed E-state index contributed by atoms with van der Waals surface area (Å²) in [5.41, 5.74) is -6.74. The molecule has 15 nitrogen and oxygen atoms in total. The van der Waals surface area contributed by atoms with Crippen molar-refractivity contribution in [3.05, 3.63) is 36.5 Å². The molecule has 60 heavy (non-hydrogen) atoms. The first-order valence-corrected chi connectivity index (χ1v) is 22.2. The lowest BCUT2D eigenvalue weighted by molar-refractivity contribution is -0.239. The maximum atomic E-state index is 12.2. The van der Waals surface area contributed by atoms with Crippen molar-refractivity contribution in [3.63, 3.8) is 0 Å². The number of esters is 3. The molecule has 0 aromatic rings. The van der Waals surface area contributed by atoms with E-state index in [-0.39, 0.29) is 41.4 Å². The molecule has 3 amide bonds. The Labute approximate surface area is 355 Å². The monoisotopic (exact) mass is 857 g/mol. The number of aliphatic hydroxyl groups is 3. The number of rotatable bonds is 9. The van der Waals surface area contributed by atoms with Crippen LogP contribution >= 0.6 is 11.6 Å². The Kier molecular flexibility index (Phi) is 11.7. The lowest BCUT2D eigenvalue weighted by Gasteiger charge is -2.54. The highest BCUT2D eigenvalue weighted by molar-refractivity contribution is 6.18. The quantitative estimate of drug-likeness (QED) is 0.0852. The summed E-state index contributed by atoms with van der Waals surface area (Å²) in [7, 11) is 0. The molecular weight excluding hydrogens is 798 g/mol. The number of carbonyl (C=O) groups excluding carboxylic acids is 6. The highest BCUT2D eigenvalue weighted by atomic mass is 35.5. The van der Waals surface area contributed by atoms with Crippen molar-refractivity contribution >= 4 is 47.2 Å². The molecule has 6 fully saturated rings. The second-order valence-corrected chi connectivity index (χ2v) is 18.9. The minimum absolute atomic E-state index is 0.105. The van der Waals surface area contributed by atoms with Crippen LogP contribution in [0.2, 0.25) is 0 Å². The molecule has 16 heteroatoms. The van der Waals surface area contributed by atoms with Crippen LogP contribution in [0.3, 0.4) is 0 Å². The molecule has 0 radical (unpaired) electrons. The van der Waals surface area contributed by atoms with Gasteiger partial charge in [-0.3, -0.25) is 14.4 Å². The average molecular weight is 858 g/mol. The SMILES string of the molecule is CC[C@@H]1C(=O)N[C@@]2([C@@H](O)[C@@H]3C=CCCC3)C(=O)O[C@@]12C.C[C@@H]1C(=O)N[C@@]2([C@@H](O)[C@@H]3C=CCCC3)C(=O)O[C@@]12C.C[C@@]12OC(=O)[C@]1([C@@H](O)[C@@H]1C=CCCC1)NC(=O)[C@H]2CCCl. The van der Waals surface area contributed by atoms with E-state index in [9.17, 15) is 44.1 Å². The third-order valence-electron chi connectivity index (χ3n) is 15.6. The number of hydrogen-bond donors (Lipinski definition) is 6. The highest BCUT2D eigenvalue weighted by Gasteiger charge is 2.81. The van der Waals surface area contributed by atoms with Gasteiger partial charge in [0.25, 0.3) is 0 Å². The van der Waals surface area contributed by atoms with Gasteiger partial charge in [-0.05, 0) is 98.3 Å². The molecule has 330 valence electrons. The van der Waals surface area contributed by atoms with Crippen molar-refractivity contribution in [1.82, 2.24) is 16.0 Å². The van der Waals surface area contributed by atoms with Crippen LogP contribution in [0.1, 0.15) is 105 Å². The molecule has 6 saturated heterocycles. The number of nitrogens with one attached hydrogen (secondary N) is 3. The first-order valence-electron chi connectivity index (χ1n) is 21.6. The van der Waals surface area contributed by atoms with Crippen LogP contribution in [0.4, 0.5) is 0 Å². The van der Waals surface area contributed by atoms with Gasteiger partial charge in [0.1, 0.15) is 0 Å². The van der Waals surface area contributed by atoms with Crippen molar-refractivity contribution in [2.24, 2.45) is 35.5 Å². The minimum Gasteiger partial charge on any atom is -0.453 e. The molecule has 0 unspecified atom stereocenters. The van der Waals surface area contributed by atoms with Gasteiger partial charge < -0.3 is 45.5 Å². The second-order valence-electron chi connectivity index (χ2n) is 18.5. The number of amides is 3. The minimum atomic E-state index is -1.33. The standard InChI is InChI=1S/C15H20ClNO4.C15H21NO4.C14H19NO4/c1-14-10(7-8-16)12(19)17-15(14,13(20)21-14)11(18)9-5-3-2-4-6-9;1-3-10-12(18)16-15(13(19)20-14(10,15)2)11(17)9-7-5-4-6-8-9;1-8-11(17)15-14(12(18)19-13(8,14)2)10(16)9-6-4-3-5-7-9/h3,5,9-11,18H,2,4,6-8H2,1H3,(H,17,19);5,7,9-11,17H,3-4,6,8H2,1-2H3,(H,16,18);4,6,8-10,16H,3,5,7H2,1-2H3,(H,15,17)/t2*9-,10-,11+,14+,15+;8-,9-,10+,13+,14+/m111/s1. The predicted molar refractivity (Wildman–Crippen MR) is 215 cm³/mol. The molecule has 0 spiro atoms. The normalized spacial score (nSPS) is 44.4. The van der Waals surface area contributed by atoms with Crippen molar-refractivity contribution in [2.75, 3.05) is 5.88 Å². The van der Waals surface area contributed by atoms with Crippen LogP contribution < -0.4 is 16.0 Å². The van der Waals surface area contributed by atoms with E-state index in [2.05, 4.69) is 16.0 Å². The van der Waals surface area contributed by atoms with Crippen LogP contribution in [-0.2, 0) is 43.0 Å². The number of ether oxygens (including phenoxy) is 3. The molecule has 6 N–H and O–H groups in total. The molecule has 0 bridgehead atoms. The Morgan fingerprint density at radius 1 is 0.617 bits per heavy atom. The summed E-state index contributed by atoms with van der Waals surface area (Å²) in [4.78, 5) is 72.5. The lowest BCUT2D eigenvalue weighted by Crippen LogP contribution is -2.80. The van der Waals surface area contributed by atoms with E-state index in [1.807, 2.05) is 43.4 Å². The van der Waals surface area contributed by atoms with Crippen molar-refractivity contribution < 1.29 is 58.3 Å². The molecule has 9 aliphatic rings. The van der Waals surface area contributed by atoms with Gasteiger partial charge in [0, 0.05) is 23.6 Å². The smallest absolute Gasteiger partial charge is 0.339 e.